The zero-order valence-corrected chi connectivity index (χ0v) is 8.43. The summed E-state index contributed by atoms with van der Waals surface area (Å²) in [6, 6.07) is 2.95. The Hall–Kier alpha value is -1.48. The lowest BCUT2D eigenvalue weighted by Gasteiger charge is -2.07. The number of nitro groups is 1. The molecule has 0 aliphatic heterocycles. The number of anilines is 1. The van der Waals surface area contributed by atoms with Gasteiger partial charge in [0.1, 0.15) is 0 Å². The first-order chi connectivity index (χ1) is 7.31. The van der Waals surface area contributed by atoms with Gasteiger partial charge in [-0.05, 0) is 17.8 Å². The third-order valence-corrected chi connectivity index (χ3v) is 2.21. The van der Waals surface area contributed by atoms with Gasteiger partial charge in [-0.3, -0.25) is 16.0 Å². The summed E-state index contributed by atoms with van der Waals surface area (Å²) < 4.78 is 36.2. The Labute approximate surface area is 91.9 Å². The lowest BCUT2D eigenvalue weighted by atomic mass is 10.3. The van der Waals surface area contributed by atoms with Crippen LogP contribution in [0.25, 0.3) is 0 Å². The van der Waals surface area contributed by atoms with E-state index in [0.29, 0.717) is 0 Å². The average Bonchev–Trinajstić information content (AvgIpc) is 2.14. The van der Waals surface area contributed by atoms with Crippen molar-refractivity contribution in [3.05, 3.63) is 28.3 Å². The normalized spacial score (nSPS) is 11.2. The van der Waals surface area contributed by atoms with Crippen molar-refractivity contribution < 1.29 is 18.1 Å². The maximum atomic E-state index is 12.1. The molecule has 0 saturated carbocycles. The fourth-order valence-corrected chi connectivity index (χ4v) is 1.60. The summed E-state index contributed by atoms with van der Waals surface area (Å²) >= 11 is -0.438. The molecule has 0 aliphatic carbocycles. The fourth-order valence-electron chi connectivity index (χ4n) is 0.965. The van der Waals surface area contributed by atoms with Crippen molar-refractivity contribution in [2.24, 2.45) is 5.84 Å². The summed E-state index contributed by atoms with van der Waals surface area (Å²) in [6.45, 7) is 0. The van der Waals surface area contributed by atoms with Crippen LogP contribution in [-0.2, 0) is 0 Å². The molecule has 0 heterocycles. The van der Waals surface area contributed by atoms with Crippen LogP contribution in [0, 0.1) is 10.1 Å². The first kappa shape index (κ1) is 12.6. The second kappa shape index (κ2) is 4.58. The number of rotatable bonds is 3. The summed E-state index contributed by atoms with van der Waals surface area (Å²) in [5.74, 6) is 4.99. The maximum absolute atomic E-state index is 12.1. The van der Waals surface area contributed by atoms with Crippen molar-refractivity contribution in [1.29, 1.82) is 0 Å². The molecule has 0 saturated heterocycles. The number of nitrogen functional groups attached to an aromatic ring is 1. The van der Waals surface area contributed by atoms with Crippen LogP contribution in [0.4, 0.5) is 24.5 Å². The summed E-state index contributed by atoms with van der Waals surface area (Å²) in [5.41, 5.74) is -2.85. The van der Waals surface area contributed by atoms with Crippen molar-refractivity contribution in [2.75, 3.05) is 5.43 Å². The molecule has 3 N–H and O–H groups in total. The Morgan fingerprint density at radius 2 is 2.00 bits per heavy atom. The molecule has 1 rings (SSSR count). The molecule has 0 aliphatic rings. The van der Waals surface area contributed by atoms with Crippen LogP contribution >= 0.6 is 11.8 Å². The van der Waals surface area contributed by atoms with E-state index in [9.17, 15) is 23.3 Å². The molecule has 0 spiro atoms. The molecule has 0 bridgehead atoms. The molecule has 0 unspecified atom stereocenters. The molecule has 16 heavy (non-hydrogen) atoms. The van der Waals surface area contributed by atoms with E-state index < -0.39 is 27.9 Å². The minimum atomic E-state index is -4.50. The Balaban J connectivity index is 3.09. The summed E-state index contributed by atoms with van der Waals surface area (Å²) in [6.07, 6.45) is 0. The Morgan fingerprint density at radius 1 is 1.38 bits per heavy atom. The molecule has 9 heteroatoms. The van der Waals surface area contributed by atoms with Gasteiger partial charge in [-0.25, -0.2) is 0 Å². The monoisotopic (exact) mass is 253 g/mol. The smallest absolute Gasteiger partial charge is 0.324 e. The SMILES string of the molecule is NNc1cc(SC(F)(F)F)cc([N+](=O)[O-])c1. The maximum Gasteiger partial charge on any atom is 0.446 e. The predicted octanol–water partition coefficient (Wildman–Crippen LogP) is 2.49. The number of nitro benzene ring substituents is 1. The van der Waals surface area contributed by atoms with E-state index in [1.165, 1.54) is 0 Å². The van der Waals surface area contributed by atoms with Crippen molar-refractivity contribution in [3.8, 4) is 0 Å². The highest BCUT2D eigenvalue weighted by molar-refractivity contribution is 8.00. The van der Waals surface area contributed by atoms with Gasteiger partial charge < -0.3 is 5.43 Å². The third kappa shape index (κ3) is 3.59. The average molecular weight is 253 g/mol. The second-order valence-electron chi connectivity index (χ2n) is 2.66. The van der Waals surface area contributed by atoms with Crippen LogP contribution in [0.2, 0.25) is 0 Å². The Kier molecular flexibility index (Phi) is 3.60. The van der Waals surface area contributed by atoms with E-state index in [-0.39, 0.29) is 10.6 Å². The van der Waals surface area contributed by atoms with E-state index in [4.69, 9.17) is 5.84 Å². The molecule has 1 aromatic carbocycles. The molecule has 5 nitrogen and oxygen atoms in total. The minimum absolute atomic E-state index is 0.0425. The third-order valence-electron chi connectivity index (χ3n) is 1.50. The molecule has 1 aromatic rings. The first-order valence-electron chi connectivity index (χ1n) is 3.83. The number of non-ortho nitro benzene ring substituents is 1. The number of nitrogens with two attached hydrogens (primary N) is 1. The van der Waals surface area contributed by atoms with Gasteiger partial charge in [-0.2, -0.15) is 13.2 Å². The fraction of sp³-hybridized carbons (Fsp3) is 0.143. The number of nitrogens with one attached hydrogen (secondary N) is 1. The molecule has 0 amide bonds. The zero-order valence-electron chi connectivity index (χ0n) is 7.62. The van der Waals surface area contributed by atoms with Crippen molar-refractivity contribution >= 4 is 23.1 Å². The number of nitrogens with zero attached hydrogens (tertiary/aromatic N) is 1. The highest BCUT2D eigenvalue weighted by Crippen LogP contribution is 2.39. The Bertz CT molecular complexity index is 410. The van der Waals surface area contributed by atoms with Gasteiger partial charge in [0.05, 0.1) is 10.6 Å². The molecule has 88 valence electrons. The highest BCUT2D eigenvalue weighted by atomic mass is 32.2. The highest BCUT2D eigenvalue weighted by Gasteiger charge is 2.30. The van der Waals surface area contributed by atoms with Crippen LogP contribution in [0.1, 0.15) is 0 Å². The number of alkyl halides is 3. The topological polar surface area (TPSA) is 81.2 Å². The number of hydrazine groups is 1. The number of hydrogen-bond acceptors (Lipinski definition) is 5. The molecule has 0 atom stereocenters. The van der Waals surface area contributed by atoms with Crippen molar-refractivity contribution in [1.82, 2.24) is 0 Å². The number of halogens is 3. The number of hydrogen-bond donors (Lipinski definition) is 2. The van der Waals surface area contributed by atoms with Crippen LogP contribution in [-0.4, -0.2) is 10.4 Å². The van der Waals surface area contributed by atoms with Crippen molar-refractivity contribution in [3.63, 3.8) is 0 Å². The van der Waals surface area contributed by atoms with E-state index >= 15 is 0 Å². The van der Waals surface area contributed by atoms with E-state index in [2.05, 4.69) is 5.43 Å². The summed E-state index contributed by atoms with van der Waals surface area (Å²) in [5, 5.41) is 10.4. The predicted molar refractivity (Wildman–Crippen MR) is 52.8 cm³/mol. The van der Waals surface area contributed by atoms with Crippen LogP contribution in [0.5, 0.6) is 0 Å². The Morgan fingerprint density at radius 3 is 2.44 bits per heavy atom. The van der Waals surface area contributed by atoms with E-state index in [1.54, 1.807) is 0 Å². The van der Waals surface area contributed by atoms with Gasteiger partial charge in [-0.1, -0.05) is 0 Å². The van der Waals surface area contributed by atoms with Crippen molar-refractivity contribution in [2.45, 2.75) is 10.4 Å². The lowest BCUT2D eigenvalue weighted by molar-refractivity contribution is -0.385. The van der Waals surface area contributed by atoms with E-state index in [0.717, 1.165) is 18.2 Å². The van der Waals surface area contributed by atoms with Gasteiger partial charge in [0.2, 0.25) is 0 Å². The summed E-state index contributed by atoms with van der Waals surface area (Å²) in [4.78, 5) is 9.35. The van der Waals surface area contributed by atoms with E-state index in [1.807, 2.05) is 0 Å². The van der Waals surface area contributed by atoms with Gasteiger partial charge >= 0.3 is 5.51 Å². The van der Waals surface area contributed by atoms with Crippen LogP contribution in [0.15, 0.2) is 23.1 Å². The quantitative estimate of drug-likeness (QED) is 0.374. The van der Waals surface area contributed by atoms with Gasteiger partial charge in [0.15, 0.2) is 0 Å². The van der Waals surface area contributed by atoms with Gasteiger partial charge in [-0.15, -0.1) is 0 Å². The molecule has 0 fully saturated rings. The minimum Gasteiger partial charge on any atom is -0.324 e. The summed E-state index contributed by atoms with van der Waals surface area (Å²) in [7, 11) is 0. The van der Waals surface area contributed by atoms with Crippen LogP contribution in [0.3, 0.4) is 0 Å². The first-order valence-corrected chi connectivity index (χ1v) is 4.65. The number of benzene rings is 1. The molecular formula is C7H6F3N3O2S. The zero-order chi connectivity index (χ0) is 12.3. The number of thioether (sulfide) groups is 1. The lowest BCUT2D eigenvalue weighted by Crippen LogP contribution is -2.07. The standard InChI is InChI=1S/C7H6F3N3O2S/c8-7(9,10)16-6-2-4(12-11)1-5(3-6)13(14)15/h1-3,12H,11H2. The molecular weight excluding hydrogens is 247 g/mol. The molecule has 0 aromatic heterocycles. The van der Waals surface area contributed by atoms with Gasteiger partial charge in [0, 0.05) is 17.0 Å². The molecule has 0 radical (unpaired) electrons. The van der Waals surface area contributed by atoms with Gasteiger partial charge in [0.25, 0.3) is 5.69 Å². The van der Waals surface area contributed by atoms with Crippen LogP contribution < -0.4 is 11.3 Å². The largest absolute Gasteiger partial charge is 0.446 e. The second-order valence-corrected chi connectivity index (χ2v) is 3.80.